The second kappa shape index (κ2) is 7.97. The molecule has 5 heteroatoms. The van der Waals surface area contributed by atoms with Gasteiger partial charge in [0, 0.05) is 0 Å². The standard InChI is InChI=1S/C22H23ClN2O2/c1-22(2,3)18-11-9-17(10-12-18)15-27-19-13-24-25(21(26)20(19)23)14-16-7-5-4-6-8-16/h4-13H,14-15H2,1-3H3. The summed E-state index contributed by atoms with van der Waals surface area (Å²) in [6.45, 7) is 7.22. The summed E-state index contributed by atoms with van der Waals surface area (Å²) in [7, 11) is 0. The highest BCUT2D eigenvalue weighted by atomic mass is 35.5. The van der Waals surface area contributed by atoms with Crippen LogP contribution >= 0.6 is 11.6 Å². The molecule has 140 valence electrons. The van der Waals surface area contributed by atoms with E-state index in [0.29, 0.717) is 18.9 Å². The first-order valence-electron chi connectivity index (χ1n) is 8.86. The first-order valence-corrected chi connectivity index (χ1v) is 9.24. The summed E-state index contributed by atoms with van der Waals surface area (Å²) < 4.78 is 7.06. The van der Waals surface area contributed by atoms with Crippen LogP contribution in [0, 0.1) is 0 Å². The normalized spacial score (nSPS) is 11.4. The number of rotatable bonds is 5. The van der Waals surface area contributed by atoms with Crippen molar-refractivity contribution in [1.29, 1.82) is 0 Å². The maximum Gasteiger partial charge on any atom is 0.289 e. The van der Waals surface area contributed by atoms with Crippen molar-refractivity contribution >= 4 is 11.6 Å². The van der Waals surface area contributed by atoms with Gasteiger partial charge in [-0.15, -0.1) is 0 Å². The van der Waals surface area contributed by atoms with Crippen LogP contribution in [0.3, 0.4) is 0 Å². The minimum absolute atomic E-state index is 0.0484. The van der Waals surface area contributed by atoms with Crippen LogP contribution in [-0.4, -0.2) is 9.78 Å². The van der Waals surface area contributed by atoms with Crippen molar-refractivity contribution in [3.63, 3.8) is 0 Å². The second-order valence-corrected chi connectivity index (χ2v) is 7.88. The topological polar surface area (TPSA) is 44.1 Å². The molecule has 0 aliphatic rings. The smallest absolute Gasteiger partial charge is 0.289 e. The van der Waals surface area contributed by atoms with Crippen molar-refractivity contribution in [3.05, 3.63) is 92.9 Å². The van der Waals surface area contributed by atoms with E-state index in [-0.39, 0.29) is 16.0 Å². The lowest BCUT2D eigenvalue weighted by Gasteiger charge is -2.19. The molecule has 0 N–H and O–H groups in total. The van der Waals surface area contributed by atoms with Gasteiger partial charge >= 0.3 is 0 Å². The van der Waals surface area contributed by atoms with Gasteiger partial charge in [0.15, 0.2) is 10.8 Å². The molecule has 0 saturated carbocycles. The summed E-state index contributed by atoms with van der Waals surface area (Å²) in [5, 5.41) is 4.24. The van der Waals surface area contributed by atoms with Crippen LogP contribution in [0.1, 0.15) is 37.5 Å². The Morgan fingerprint density at radius 3 is 2.30 bits per heavy atom. The lowest BCUT2D eigenvalue weighted by Crippen LogP contribution is -2.24. The van der Waals surface area contributed by atoms with E-state index >= 15 is 0 Å². The highest BCUT2D eigenvalue weighted by molar-refractivity contribution is 6.31. The quantitative estimate of drug-likeness (QED) is 0.635. The molecule has 0 aliphatic carbocycles. The fourth-order valence-electron chi connectivity index (χ4n) is 2.68. The molecule has 0 fully saturated rings. The number of aromatic nitrogens is 2. The van der Waals surface area contributed by atoms with Gasteiger partial charge in [-0.3, -0.25) is 4.79 Å². The van der Waals surface area contributed by atoms with Crippen molar-refractivity contribution in [2.75, 3.05) is 0 Å². The van der Waals surface area contributed by atoms with Crippen LogP contribution in [0.5, 0.6) is 5.75 Å². The molecular weight excluding hydrogens is 360 g/mol. The van der Waals surface area contributed by atoms with Crippen LogP contribution < -0.4 is 10.3 Å². The fourth-order valence-corrected chi connectivity index (χ4v) is 2.88. The molecule has 0 spiro atoms. The molecule has 27 heavy (non-hydrogen) atoms. The molecule has 0 bridgehead atoms. The molecule has 2 aromatic carbocycles. The molecule has 3 aromatic rings. The van der Waals surface area contributed by atoms with Crippen molar-refractivity contribution in [2.24, 2.45) is 0 Å². The van der Waals surface area contributed by atoms with Crippen molar-refractivity contribution in [1.82, 2.24) is 9.78 Å². The van der Waals surface area contributed by atoms with Gasteiger partial charge in [0.1, 0.15) is 6.61 Å². The Kier molecular flexibility index (Phi) is 5.66. The lowest BCUT2D eigenvalue weighted by atomic mass is 9.87. The minimum Gasteiger partial charge on any atom is -0.485 e. The Balaban J connectivity index is 1.71. The number of nitrogens with zero attached hydrogens (tertiary/aromatic N) is 2. The van der Waals surface area contributed by atoms with Crippen LogP contribution in [0.2, 0.25) is 5.02 Å². The lowest BCUT2D eigenvalue weighted by molar-refractivity contribution is 0.302. The van der Waals surface area contributed by atoms with Gasteiger partial charge in [-0.1, -0.05) is 87.0 Å². The molecule has 1 aromatic heterocycles. The Bertz CT molecular complexity index is 958. The summed E-state index contributed by atoms with van der Waals surface area (Å²) >= 11 is 6.22. The fraction of sp³-hybridized carbons (Fsp3) is 0.273. The molecule has 0 amide bonds. The highest BCUT2D eigenvalue weighted by Gasteiger charge is 2.14. The van der Waals surface area contributed by atoms with Crippen molar-refractivity contribution in [3.8, 4) is 5.75 Å². The third kappa shape index (κ3) is 4.77. The van der Waals surface area contributed by atoms with Crippen LogP contribution in [0.4, 0.5) is 0 Å². The van der Waals surface area contributed by atoms with Crippen LogP contribution in [-0.2, 0) is 18.6 Å². The SMILES string of the molecule is CC(C)(C)c1ccc(COc2cnn(Cc3ccccc3)c(=O)c2Cl)cc1. The summed E-state index contributed by atoms with van der Waals surface area (Å²) in [6, 6.07) is 17.9. The van der Waals surface area contributed by atoms with Gasteiger partial charge in [0.05, 0.1) is 12.7 Å². The molecule has 0 radical (unpaired) electrons. The number of hydrogen-bond donors (Lipinski definition) is 0. The Hall–Kier alpha value is -2.59. The van der Waals surface area contributed by atoms with Crippen LogP contribution in [0.15, 0.2) is 65.6 Å². The Labute approximate surface area is 164 Å². The predicted octanol–water partition coefficient (Wildman–Crippen LogP) is 4.82. The average Bonchev–Trinajstić information content (AvgIpc) is 2.65. The first kappa shape index (κ1) is 19.2. The van der Waals surface area contributed by atoms with E-state index < -0.39 is 0 Å². The zero-order valence-corrected chi connectivity index (χ0v) is 16.5. The van der Waals surface area contributed by atoms with Crippen molar-refractivity contribution in [2.45, 2.75) is 39.3 Å². The van der Waals surface area contributed by atoms with Gasteiger partial charge in [0.25, 0.3) is 5.56 Å². The number of hydrogen-bond acceptors (Lipinski definition) is 3. The van der Waals surface area contributed by atoms with E-state index in [1.54, 1.807) is 0 Å². The molecule has 0 saturated heterocycles. The summed E-state index contributed by atoms with van der Waals surface area (Å²) in [4.78, 5) is 12.4. The first-order chi connectivity index (χ1) is 12.8. The van der Waals surface area contributed by atoms with E-state index in [1.807, 2.05) is 42.5 Å². The molecule has 3 rings (SSSR count). The van der Waals surface area contributed by atoms with E-state index in [0.717, 1.165) is 11.1 Å². The average molecular weight is 383 g/mol. The monoisotopic (exact) mass is 382 g/mol. The second-order valence-electron chi connectivity index (χ2n) is 7.51. The molecule has 4 nitrogen and oxygen atoms in total. The highest BCUT2D eigenvalue weighted by Crippen LogP contribution is 2.23. The summed E-state index contributed by atoms with van der Waals surface area (Å²) in [6.07, 6.45) is 1.50. The molecule has 1 heterocycles. The Morgan fingerprint density at radius 2 is 1.67 bits per heavy atom. The maximum absolute atomic E-state index is 12.4. The van der Waals surface area contributed by atoms with E-state index in [9.17, 15) is 4.79 Å². The van der Waals surface area contributed by atoms with E-state index in [4.69, 9.17) is 16.3 Å². The molecular formula is C22H23ClN2O2. The van der Waals surface area contributed by atoms with Gasteiger partial charge < -0.3 is 4.74 Å². The Morgan fingerprint density at radius 1 is 1.00 bits per heavy atom. The maximum atomic E-state index is 12.4. The molecule has 0 atom stereocenters. The third-order valence-corrected chi connectivity index (χ3v) is 4.69. The van der Waals surface area contributed by atoms with E-state index in [1.165, 1.54) is 16.4 Å². The summed E-state index contributed by atoms with van der Waals surface area (Å²) in [5.74, 6) is 0.297. The third-order valence-electron chi connectivity index (χ3n) is 4.34. The van der Waals surface area contributed by atoms with Gasteiger partial charge in [0.2, 0.25) is 0 Å². The number of ether oxygens (including phenoxy) is 1. The molecule has 0 aliphatic heterocycles. The zero-order valence-electron chi connectivity index (χ0n) is 15.8. The van der Waals surface area contributed by atoms with Gasteiger partial charge in [-0.25, -0.2) is 4.68 Å². The summed E-state index contributed by atoms with van der Waals surface area (Å²) in [5.41, 5.74) is 2.99. The van der Waals surface area contributed by atoms with Crippen molar-refractivity contribution < 1.29 is 4.74 Å². The van der Waals surface area contributed by atoms with Crippen LogP contribution in [0.25, 0.3) is 0 Å². The number of halogens is 1. The minimum atomic E-state index is -0.360. The van der Waals surface area contributed by atoms with Gasteiger partial charge in [-0.05, 0) is 22.1 Å². The predicted molar refractivity (Wildman–Crippen MR) is 109 cm³/mol. The van der Waals surface area contributed by atoms with Gasteiger partial charge in [-0.2, -0.15) is 5.10 Å². The molecule has 0 unspecified atom stereocenters. The zero-order chi connectivity index (χ0) is 19.4. The van der Waals surface area contributed by atoms with E-state index in [2.05, 4.69) is 38.0 Å². The number of benzene rings is 2. The largest absolute Gasteiger partial charge is 0.485 e.